The Morgan fingerprint density at radius 3 is 2.61 bits per heavy atom. The van der Waals surface area contributed by atoms with E-state index in [0.717, 1.165) is 3.79 Å². The number of benzene rings is 2. The highest BCUT2D eigenvalue weighted by molar-refractivity contribution is 9.11. The first-order valence-corrected chi connectivity index (χ1v) is 11.2. The second-order valence-electron chi connectivity index (χ2n) is 5.82. The lowest BCUT2D eigenvalue weighted by molar-refractivity contribution is 0.102. The number of carbonyl (C=O) groups is 1. The molecule has 28 heavy (non-hydrogen) atoms. The van der Waals surface area contributed by atoms with E-state index in [9.17, 15) is 9.59 Å². The van der Waals surface area contributed by atoms with E-state index in [4.69, 9.17) is 11.6 Å². The normalized spacial score (nSPS) is 11.1. The summed E-state index contributed by atoms with van der Waals surface area (Å²) < 4.78 is 2.38. The van der Waals surface area contributed by atoms with Gasteiger partial charge >= 0.3 is 0 Å². The van der Waals surface area contributed by atoms with E-state index >= 15 is 0 Å². The molecule has 0 spiro atoms. The van der Waals surface area contributed by atoms with Crippen LogP contribution >= 0.6 is 50.6 Å². The van der Waals surface area contributed by atoms with Gasteiger partial charge in [-0.25, -0.2) is 4.98 Å². The molecular formula is C20H12BrClN2O2S2. The molecule has 0 atom stereocenters. The molecule has 0 N–H and O–H groups in total. The number of halogens is 2. The number of rotatable bonds is 5. The predicted molar refractivity (Wildman–Crippen MR) is 119 cm³/mol. The average Bonchev–Trinajstić information content (AvgIpc) is 3.14. The Labute approximate surface area is 182 Å². The molecule has 0 aliphatic heterocycles. The van der Waals surface area contributed by atoms with Gasteiger partial charge in [-0.2, -0.15) is 0 Å². The van der Waals surface area contributed by atoms with E-state index < -0.39 is 0 Å². The highest BCUT2D eigenvalue weighted by Gasteiger charge is 2.17. The minimum Gasteiger partial charge on any atom is -0.292 e. The van der Waals surface area contributed by atoms with Crippen molar-refractivity contribution >= 4 is 67.3 Å². The van der Waals surface area contributed by atoms with Gasteiger partial charge in [-0.3, -0.25) is 14.2 Å². The van der Waals surface area contributed by atoms with Crippen LogP contribution in [0.1, 0.15) is 9.67 Å². The molecule has 2 aromatic carbocycles. The molecule has 4 rings (SSSR count). The van der Waals surface area contributed by atoms with Gasteiger partial charge < -0.3 is 0 Å². The number of ketones is 1. The quantitative estimate of drug-likeness (QED) is 0.200. The van der Waals surface area contributed by atoms with Crippen LogP contribution in [0.2, 0.25) is 5.02 Å². The second kappa shape index (κ2) is 8.21. The number of aromatic nitrogens is 2. The fraction of sp³-hybridized carbons (Fsp3) is 0.0500. The monoisotopic (exact) mass is 490 g/mol. The summed E-state index contributed by atoms with van der Waals surface area (Å²) in [5.74, 6) is 0.149. The van der Waals surface area contributed by atoms with E-state index in [2.05, 4.69) is 20.9 Å². The summed E-state index contributed by atoms with van der Waals surface area (Å²) in [6.07, 6.45) is 0. The molecule has 0 aliphatic rings. The second-order valence-corrected chi connectivity index (χ2v) is 9.63. The molecule has 4 nitrogen and oxygen atoms in total. The van der Waals surface area contributed by atoms with Gasteiger partial charge in [0.2, 0.25) is 0 Å². The molecular weight excluding hydrogens is 480 g/mol. The van der Waals surface area contributed by atoms with Crippen molar-refractivity contribution in [2.45, 2.75) is 5.16 Å². The molecule has 0 bridgehead atoms. The summed E-state index contributed by atoms with van der Waals surface area (Å²) in [6, 6.07) is 17.9. The predicted octanol–water partition coefficient (Wildman–Crippen LogP) is 5.84. The van der Waals surface area contributed by atoms with Crippen LogP contribution in [0.3, 0.4) is 0 Å². The summed E-state index contributed by atoms with van der Waals surface area (Å²) >= 11 is 12.3. The Hall–Kier alpha value is -1.93. The molecule has 2 aromatic heterocycles. The third-order valence-corrected chi connectivity index (χ3v) is 6.94. The third-order valence-electron chi connectivity index (χ3n) is 4.02. The van der Waals surface area contributed by atoms with Crippen molar-refractivity contribution in [2.75, 3.05) is 5.75 Å². The summed E-state index contributed by atoms with van der Waals surface area (Å²) in [6.45, 7) is 0. The number of nitrogens with zero attached hydrogens (tertiary/aromatic N) is 2. The standard InChI is InChI=1S/C20H12BrClN2O2S2/c21-18-10-9-17(28-18)16(25)11-27-20-23-14-7-3-1-5-12(14)19(26)24(20)15-8-4-2-6-13(15)22/h1-10H,11H2. The number of thiophene rings is 1. The van der Waals surface area contributed by atoms with Crippen molar-refractivity contribution in [1.82, 2.24) is 9.55 Å². The van der Waals surface area contributed by atoms with Gasteiger partial charge in [0.25, 0.3) is 5.56 Å². The van der Waals surface area contributed by atoms with Crippen molar-refractivity contribution < 1.29 is 4.79 Å². The molecule has 140 valence electrons. The molecule has 0 radical (unpaired) electrons. The van der Waals surface area contributed by atoms with E-state index in [-0.39, 0.29) is 17.1 Å². The minimum absolute atomic E-state index is 0.0196. The number of para-hydroxylation sites is 2. The molecule has 4 aromatic rings. The van der Waals surface area contributed by atoms with E-state index in [1.807, 2.05) is 18.2 Å². The van der Waals surface area contributed by atoms with Crippen LogP contribution in [0.4, 0.5) is 0 Å². The third kappa shape index (κ3) is 3.80. The van der Waals surface area contributed by atoms with Gasteiger partial charge in [-0.15, -0.1) is 11.3 Å². The van der Waals surface area contributed by atoms with E-state index in [0.29, 0.717) is 31.6 Å². The Morgan fingerprint density at radius 2 is 1.86 bits per heavy atom. The van der Waals surface area contributed by atoms with Gasteiger partial charge in [-0.1, -0.05) is 47.6 Å². The lowest BCUT2D eigenvalue weighted by Gasteiger charge is -2.14. The lowest BCUT2D eigenvalue weighted by Crippen LogP contribution is -2.22. The number of Topliss-reactive ketones (excluding diaryl/α,β-unsaturated/α-hetero) is 1. The zero-order valence-corrected chi connectivity index (χ0v) is 18.2. The van der Waals surface area contributed by atoms with Crippen LogP contribution in [0.5, 0.6) is 0 Å². The Kier molecular flexibility index (Phi) is 5.68. The van der Waals surface area contributed by atoms with E-state index in [1.165, 1.54) is 27.7 Å². The van der Waals surface area contributed by atoms with Crippen molar-refractivity contribution in [1.29, 1.82) is 0 Å². The molecule has 2 heterocycles. The highest BCUT2D eigenvalue weighted by atomic mass is 79.9. The summed E-state index contributed by atoms with van der Waals surface area (Å²) in [4.78, 5) is 31.0. The Balaban J connectivity index is 1.80. The van der Waals surface area contributed by atoms with E-state index in [1.54, 1.807) is 42.5 Å². The van der Waals surface area contributed by atoms with Gasteiger partial charge in [0.05, 0.1) is 36.0 Å². The maximum absolute atomic E-state index is 13.2. The molecule has 0 saturated carbocycles. The SMILES string of the molecule is O=C(CSc1nc2ccccc2c(=O)n1-c1ccccc1Cl)c1ccc(Br)s1. The summed E-state index contributed by atoms with van der Waals surface area (Å²) in [7, 11) is 0. The van der Waals surface area contributed by atoms with Crippen LogP contribution < -0.4 is 5.56 Å². The van der Waals surface area contributed by atoms with Crippen molar-refractivity contribution in [3.63, 3.8) is 0 Å². The molecule has 0 unspecified atom stereocenters. The molecule has 8 heteroatoms. The number of hydrogen-bond donors (Lipinski definition) is 0. The van der Waals surface area contributed by atoms with Crippen LogP contribution in [-0.4, -0.2) is 21.1 Å². The Morgan fingerprint density at radius 1 is 1.11 bits per heavy atom. The highest BCUT2D eigenvalue weighted by Crippen LogP contribution is 2.28. The average molecular weight is 492 g/mol. The first kappa shape index (κ1) is 19.4. The molecule has 0 aliphatic carbocycles. The van der Waals surface area contributed by atoms with Crippen molar-refractivity contribution in [2.24, 2.45) is 0 Å². The maximum atomic E-state index is 13.2. The summed E-state index contributed by atoms with van der Waals surface area (Å²) in [5.41, 5.74) is 0.915. The van der Waals surface area contributed by atoms with Crippen LogP contribution in [-0.2, 0) is 0 Å². The van der Waals surface area contributed by atoms with Crippen molar-refractivity contribution in [3.05, 3.63) is 84.7 Å². The van der Waals surface area contributed by atoms with Crippen LogP contribution in [0.15, 0.2) is 74.4 Å². The van der Waals surface area contributed by atoms with Crippen LogP contribution in [0, 0.1) is 0 Å². The van der Waals surface area contributed by atoms with Crippen molar-refractivity contribution in [3.8, 4) is 5.69 Å². The molecule has 0 fully saturated rings. The number of thioether (sulfide) groups is 1. The first-order valence-electron chi connectivity index (χ1n) is 8.22. The lowest BCUT2D eigenvalue weighted by atomic mass is 10.2. The topological polar surface area (TPSA) is 52.0 Å². The number of hydrogen-bond acceptors (Lipinski definition) is 5. The van der Waals surface area contributed by atoms with Gasteiger partial charge in [0, 0.05) is 0 Å². The van der Waals surface area contributed by atoms with Gasteiger partial charge in [-0.05, 0) is 52.3 Å². The fourth-order valence-electron chi connectivity index (χ4n) is 2.72. The number of fused-ring (bicyclic) bond motifs is 1. The van der Waals surface area contributed by atoms with Gasteiger partial charge in [0.1, 0.15) is 0 Å². The molecule has 0 amide bonds. The van der Waals surface area contributed by atoms with Gasteiger partial charge in [0.15, 0.2) is 10.9 Å². The zero-order valence-electron chi connectivity index (χ0n) is 14.3. The Bertz CT molecular complexity index is 1250. The minimum atomic E-state index is -0.215. The maximum Gasteiger partial charge on any atom is 0.266 e. The van der Waals surface area contributed by atoms with Crippen LogP contribution in [0.25, 0.3) is 16.6 Å². The molecule has 0 saturated heterocycles. The fourth-order valence-corrected chi connectivity index (χ4v) is 5.24. The largest absolute Gasteiger partial charge is 0.292 e. The zero-order chi connectivity index (χ0) is 19.7. The smallest absolute Gasteiger partial charge is 0.266 e. The number of carbonyl (C=O) groups excluding carboxylic acids is 1. The first-order chi connectivity index (χ1) is 13.5. The summed E-state index contributed by atoms with van der Waals surface area (Å²) in [5, 5.41) is 1.37.